The van der Waals surface area contributed by atoms with Crippen LogP contribution in [-0.2, 0) is 0 Å². The van der Waals surface area contributed by atoms with Crippen molar-refractivity contribution in [2.75, 3.05) is 7.11 Å². The van der Waals surface area contributed by atoms with Gasteiger partial charge in [0.05, 0.1) is 12.0 Å². The Labute approximate surface area is 189 Å². The van der Waals surface area contributed by atoms with Gasteiger partial charge in [0, 0.05) is 11.6 Å². The van der Waals surface area contributed by atoms with E-state index < -0.39 is 7.26 Å². The van der Waals surface area contributed by atoms with E-state index in [9.17, 15) is 10.1 Å². The quantitative estimate of drug-likeness (QED) is 0.211. The second kappa shape index (κ2) is 9.33. The van der Waals surface area contributed by atoms with Crippen molar-refractivity contribution in [3.8, 4) is 5.75 Å². The Kier molecular flexibility index (Phi) is 6.34. The first-order valence-corrected chi connectivity index (χ1v) is 12.3. The van der Waals surface area contributed by atoms with Gasteiger partial charge in [0.2, 0.25) is 0 Å². The summed E-state index contributed by atoms with van der Waals surface area (Å²) in [7, 11) is -0.744. The summed E-state index contributed by atoms with van der Waals surface area (Å²) < 4.78 is 5.25. The molecule has 4 nitrogen and oxygen atoms in total. The average molecular weight is 442 g/mol. The molecule has 0 fully saturated rings. The zero-order valence-corrected chi connectivity index (χ0v) is 19.0. The fourth-order valence-electron chi connectivity index (χ4n) is 4.44. The van der Waals surface area contributed by atoms with Gasteiger partial charge in [0.15, 0.2) is 5.75 Å². The van der Waals surface area contributed by atoms with Crippen LogP contribution in [0.25, 0.3) is 0 Å². The molecule has 0 bridgehead atoms. The third-order valence-corrected chi connectivity index (χ3v) is 10.8. The van der Waals surface area contributed by atoms with Gasteiger partial charge in [-0.2, -0.15) is 0 Å². The molecule has 4 aromatic rings. The Bertz CT molecular complexity index is 1100. The van der Waals surface area contributed by atoms with Crippen LogP contribution in [0.2, 0.25) is 0 Å². The fraction of sp³-hybridized carbons (Fsp3) is 0.111. The first-order valence-electron chi connectivity index (χ1n) is 10.5. The van der Waals surface area contributed by atoms with E-state index >= 15 is 0 Å². The summed E-state index contributed by atoms with van der Waals surface area (Å²) >= 11 is 0. The van der Waals surface area contributed by atoms with Crippen LogP contribution in [0.15, 0.2) is 109 Å². The van der Waals surface area contributed by atoms with E-state index in [1.54, 1.807) is 12.1 Å². The van der Waals surface area contributed by atoms with E-state index in [-0.39, 0.29) is 22.0 Å². The van der Waals surface area contributed by atoms with Crippen molar-refractivity contribution >= 4 is 28.9 Å². The van der Waals surface area contributed by atoms with Crippen molar-refractivity contribution in [3.05, 3.63) is 125 Å². The Morgan fingerprint density at radius 2 is 1.19 bits per heavy atom. The zero-order chi connectivity index (χ0) is 22.6. The molecule has 0 radical (unpaired) electrons. The number of methoxy groups -OCH3 is 1. The molecule has 0 aromatic heterocycles. The van der Waals surface area contributed by atoms with Crippen LogP contribution in [0.3, 0.4) is 0 Å². The van der Waals surface area contributed by atoms with Gasteiger partial charge < -0.3 is 4.74 Å². The average Bonchev–Trinajstić information content (AvgIpc) is 2.86. The third kappa shape index (κ3) is 3.79. The largest absolute Gasteiger partial charge is 0.490 e. The fourth-order valence-corrected chi connectivity index (χ4v) is 9.21. The molecule has 0 N–H and O–H groups in total. The van der Waals surface area contributed by atoms with Crippen LogP contribution in [0.5, 0.6) is 5.75 Å². The van der Waals surface area contributed by atoms with Crippen LogP contribution in [0, 0.1) is 10.1 Å². The minimum atomic E-state index is -2.20. The molecule has 0 amide bonds. The van der Waals surface area contributed by atoms with Crippen molar-refractivity contribution in [1.29, 1.82) is 0 Å². The summed E-state index contributed by atoms with van der Waals surface area (Å²) in [6, 6.07) is 36.9. The molecule has 0 aliphatic rings. The van der Waals surface area contributed by atoms with Crippen LogP contribution in [-0.4, -0.2) is 12.0 Å². The minimum absolute atomic E-state index is 0.000642. The standard InChI is InChI=1S/C27H25NO3P/c1-21(22-18-19-27(31-2)26(20-22)28(29)30)32(23-12-6-3-7-13-23,24-14-8-4-9-15-24)25-16-10-5-11-17-25/h3-21H,1-2H3/q+1. The molecular formula is C27H25NO3P+. The summed E-state index contributed by atoms with van der Waals surface area (Å²) in [4.78, 5) is 11.4. The number of ether oxygens (including phenoxy) is 1. The van der Waals surface area contributed by atoms with Crippen LogP contribution in [0.1, 0.15) is 18.1 Å². The summed E-state index contributed by atoms with van der Waals surface area (Å²) in [5.41, 5.74) is 0.908. The Morgan fingerprint density at radius 3 is 1.56 bits per heavy atom. The molecule has 0 heterocycles. The van der Waals surface area contributed by atoms with Gasteiger partial charge in [-0.15, -0.1) is 0 Å². The topological polar surface area (TPSA) is 52.4 Å². The number of rotatable bonds is 7. The molecule has 0 aliphatic heterocycles. The zero-order valence-electron chi connectivity index (χ0n) is 18.1. The van der Waals surface area contributed by atoms with Crippen LogP contribution < -0.4 is 20.7 Å². The van der Waals surface area contributed by atoms with Gasteiger partial charge >= 0.3 is 5.69 Å². The molecule has 32 heavy (non-hydrogen) atoms. The van der Waals surface area contributed by atoms with E-state index in [0.717, 1.165) is 5.56 Å². The van der Waals surface area contributed by atoms with E-state index in [1.165, 1.54) is 23.0 Å². The van der Waals surface area contributed by atoms with Gasteiger partial charge in [-0.25, -0.2) is 0 Å². The number of nitrogens with zero attached hydrogens (tertiary/aromatic N) is 1. The van der Waals surface area contributed by atoms with Gasteiger partial charge in [0.25, 0.3) is 0 Å². The normalized spacial score (nSPS) is 12.2. The maximum absolute atomic E-state index is 11.7. The lowest BCUT2D eigenvalue weighted by Gasteiger charge is -2.33. The highest BCUT2D eigenvalue weighted by atomic mass is 31.2. The molecule has 0 spiro atoms. The monoisotopic (exact) mass is 442 g/mol. The van der Waals surface area contributed by atoms with Gasteiger partial charge in [-0.1, -0.05) is 60.7 Å². The van der Waals surface area contributed by atoms with Gasteiger partial charge in [-0.05, 0) is 49.4 Å². The third-order valence-electron chi connectivity index (χ3n) is 5.95. The minimum Gasteiger partial charge on any atom is -0.490 e. The lowest BCUT2D eigenvalue weighted by molar-refractivity contribution is -0.385. The lowest BCUT2D eigenvalue weighted by Crippen LogP contribution is -2.34. The molecule has 1 unspecified atom stereocenters. The highest BCUT2D eigenvalue weighted by molar-refractivity contribution is 7.95. The molecule has 0 aliphatic carbocycles. The SMILES string of the molecule is COc1ccc(C(C)[P+](c2ccccc2)(c2ccccc2)c2ccccc2)cc1[N+](=O)[O-]. The number of nitro benzene ring substituents is 1. The molecular weight excluding hydrogens is 417 g/mol. The van der Waals surface area contributed by atoms with Crippen LogP contribution >= 0.6 is 7.26 Å². The summed E-state index contributed by atoms with van der Waals surface area (Å²) in [5.74, 6) is 0.272. The summed E-state index contributed by atoms with van der Waals surface area (Å²) in [6.45, 7) is 2.19. The smallest absolute Gasteiger partial charge is 0.311 e. The maximum atomic E-state index is 11.7. The molecule has 160 valence electrons. The molecule has 1 atom stereocenters. The summed E-state index contributed by atoms with van der Waals surface area (Å²) in [5, 5.41) is 15.5. The van der Waals surface area contributed by atoms with Crippen molar-refractivity contribution in [2.24, 2.45) is 0 Å². The van der Waals surface area contributed by atoms with Crippen LogP contribution in [0.4, 0.5) is 5.69 Å². The van der Waals surface area contributed by atoms with E-state index in [2.05, 4.69) is 79.7 Å². The molecule has 0 saturated heterocycles. The molecule has 5 heteroatoms. The Hall–Kier alpha value is -3.49. The van der Waals surface area contributed by atoms with Crippen molar-refractivity contribution in [3.63, 3.8) is 0 Å². The van der Waals surface area contributed by atoms with E-state index in [1.807, 2.05) is 24.3 Å². The number of nitro groups is 1. The maximum Gasteiger partial charge on any atom is 0.311 e. The number of hydrogen-bond donors (Lipinski definition) is 0. The highest BCUT2D eigenvalue weighted by Gasteiger charge is 2.51. The first kappa shape index (κ1) is 21.7. The van der Waals surface area contributed by atoms with E-state index in [4.69, 9.17) is 4.74 Å². The van der Waals surface area contributed by atoms with Crippen molar-refractivity contribution < 1.29 is 9.66 Å². The highest BCUT2D eigenvalue weighted by Crippen LogP contribution is 2.66. The first-order chi connectivity index (χ1) is 15.6. The summed E-state index contributed by atoms with van der Waals surface area (Å²) in [6.07, 6.45) is 0. The van der Waals surface area contributed by atoms with Gasteiger partial charge in [0.1, 0.15) is 28.8 Å². The van der Waals surface area contributed by atoms with E-state index in [0.29, 0.717) is 0 Å². The van der Waals surface area contributed by atoms with Gasteiger partial charge in [-0.3, -0.25) is 10.1 Å². The molecule has 4 rings (SSSR count). The number of hydrogen-bond acceptors (Lipinski definition) is 3. The molecule has 4 aromatic carbocycles. The number of benzene rings is 4. The predicted octanol–water partition coefficient (Wildman–Crippen LogP) is 5.66. The molecule has 0 saturated carbocycles. The van der Waals surface area contributed by atoms with Crippen molar-refractivity contribution in [2.45, 2.75) is 12.6 Å². The second-order valence-corrected chi connectivity index (χ2v) is 11.4. The predicted molar refractivity (Wildman–Crippen MR) is 133 cm³/mol. The lowest BCUT2D eigenvalue weighted by atomic mass is 10.1. The van der Waals surface area contributed by atoms with Crippen molar-refractivity contribution in [1.82, 2.24) is 0 Å². The Balaban J connectivity index is 2.04. The Morgan fingerprint density at radius 1 is 0.750 bits per heavy atom. The second-order valence-electron chi connectivity index (χ2n) is 7.59.